The molecule has 1 aliphatic carbocycles. The summed E-state index contributed by atoms with van der Waals surface area (Å²) in [6.45, 7) is 9.31. The second-order valence-corrected chi connectivity index (χ2v) is 5.02. The molecule has 1 fully saturated rings. The summed E-state index contributed by atoms with van der Waals surface area (Å²) in [5.74, 6) is 2.80. The summed E-state index contributed by atoms with van der Waals surface area (Å²) >= 11 is 0. The molecular weight excluding hydrogens is 168 g/mol. The van der Waals surface area contributed by atoms with Crippen LogP contribution in [-0.4, -0.2) is 0 Å². The van der Waals surface area contributed by atoms with Gasteiger partial charge in [0.05, 0.1) is 0 Å². The van der Waals surface area contributed by atoms with Crippen molar-refractivity contribution >= 4 is 0 Å². The molecule has 0 amide bonds. The number of rotatable bonds is 4. The number of hydrogen-bond acceptors (Lipinski definition) is 0. The standard InChI is InChI=1S/C14H26/c1-5-13(6-2)12(4)10-14-9-7-8-11(14)3/h5,11-12,14H,6-10H2,1-4H3. The van der Waals surface area contributed by atoms with E-state index in [-0.39, 0.29) is 0 Å². The van der Waals surface area contributed by atoms with E-state index in [1.54, 1.807) is 5.57 Å². The Hall–Kier alpha value is -0.260. The Morgan fingerprint density at radius 2 is 2.14 bits per heavy atom. The van der Waals surface area contributed by atoms with E-state index in [0.717, 1.165) is 17.8 Å². The molecule has 3 unspecified atom stereocenters. The molecule has 1 aliphatic rings. The average molecular weight is 194 g/mol. The highest BCUT2D eigenvalue weighted by Gasteiger charge is 2.25. The molecule has 1 saturated carbocycles. The van der Waals surface area contributed by atoms with Gasteiger partial charge in [-0.1, -0.05) is 51.7 Å². The minimum atomic E-state index is 0.815. The van der Waals surface area contributed by atoms with Gasteiger partial charge in [0, 0.05) is 0 Å². The summed E-state index contributed by atoms with van der Waals surface area (Å²) in [6.07, 6.45) is 9.40. The molecule has 1 rings (SSSR count). The summed E-state index contributed by atoms with van der Waals surface area (Å²) in [4.78, 5) is 0. The topological polar surface area (TPSA) is 0 Å². The molecule has 0 spiro atoms. The zero-order chi connectivity index (χ0) is 10.6. The van der Waals surface area contributed by atoms with E-state index in [9.17, 15) is 0 Å². The van der Waals surface area contributed by atoms with Crippen LogP contribution in [0.25, 0.3) is 0 Å². The van der Waals surface area contributed by atoms with Crippen LogP contribution < -0.4 is 0 Å². The molecular formula is C14H26. The van der Waals surface area contributed by atoms with Gasteiger partial charge in [-0.2, -0.15) is 0 Å². The van der Waals surface area contributed by atoms with Crippen molar-refractivity contribution in [2.75, 3.05) is 0 Å². The molecule has 0 N–H and O–H groups in total. The van der Waals surface area contributed by atoms with Crippen molar-refractivity contribution in [3.8, 4) is 0 Å². The molecule has 0 aliphatic heterocycles. The maximum atomic E-state index is 2.44. The molecule has 0 aromatic rings. The van der Waals surface area contributed by atoms with Crippen LogP contribution in [0, 0.1) is 17.8 Å². The molecule has 3 atom stereocenters. The fourth-order valence-electron chi connectivity index (χ4n) is 3.01. The maximum absolute atomic E-state index is 2.44. The molecule has 0 aromatic carbocycles. The number of hydrogen-bond donors (Lipinski definition) is 0. The normalized spacial score (nSPS) is 30.7. The van der Waals surface area contributed by atoms with Crippen molar-refractivity contribution in [2.24, 2.45) is 17.8 Å². The van der Waals surface area contributed by atoms with Crippen molar-refractivity contribution in [1.82, 2.24) is 0 Å². The van der Waals surface area contributed by atoms with E-state index in [1.807, 2.05) is 0 Å². The van der Waals surface area contributed by atoms with Gasteiger partial charge in [0.15, 0.2) is 0 Å². The van der Waals surface area contributed by atoms with Gasteiger partial charge in [-0.05, 0) is 37.5 Å². The maximum Gasteiger partial charge on any atom is -0.0229 e. The van der Waals surface area contributed by atoms with Crippen LogP contribution in [0.15, 0.2) is 11.6 Å². The van der Waals surface area contributed by atoms with Crippen LogP contribution in [0.3, 0.4) is 0 Å². The van der Waals surface area contributed by atoms with Gasteiger partial charge >= 0.3 is 0 Å². The minimum absolute atomic E-state index is 0.815. The number of allylic oxidation sites excluding steroid dienone is 2. The van der Waals surface area contributed by atoms with Crippen molar-refractivity contribution in [1.29, 1.82) is 0 Å². The van der Waals surface area contributed by atoms with Gasteiger partial charge in [-0.15, -0.1) is 0 Å². The summed E-state index contributed by atoms with van der Waals surface area (Å²) in [5.41, 5.74) is 1.66. The van der Waals surface area contributed by atoms with E-state index in [0.29, 0.717) is 0 Å². The molecule has 0 heteroatoms. The zero-order valence-electron chi connectivity index (χ0n) is 10.3. The first-order chi connectivity index (χ1) is 6.69. The predicted molar refractivity (Wildman–Crippen MR) is 64.3 cm³/mol. The van der Waals surface area contributed by atoms with Crippen molar-refractivity contribution < 1.29 is 0 Å². The Bertz CT molecular complexity index is 190. The Morgan fingerprint density at radius 3 is 2.57 bits per heavy atom. The van der Waals surface area contributed by atoms with Gasteiger partial charge in [-0.3, -0.25) is 0 Å². The van der Waals surface area contributed by atoms with Gasteiger partial charge in [0.2, 0.25) is 0 Å². The van der Waals surface area contributed by atoms with Crippen LogP contribution in [-0.2, 0) is 0 Å². The Labute approximate surface area is 89.8 Å². The Morgan fingerprint density at radius 1 is 1.43 bits per heavy atom. The van der Waals surface area contributed by atoms with Crippen molar-refractivity contribution in [3.63, 3.8) is 0 Å². The summed E-state index contributed by atoms with van der Waals surface area (Å²) in [5, 5.41) is 0. The Balaban J connectivity index is 2.43. The quantitative estimate of drug-likeness (QED) is 0.564. The lowest BCUT2D eigenvalue weighted by atomic mass is 9.84. The molecule has 0 aromatic heterocycles. The van der Waals surface area contributed by atoms with Crippen molar-refractivity contribution in [2.45, 2.75) is 59.8 Å². The second kappa shape index (κ2) is 5.58. The molecule has 14 heavy (non-hydrogen) atoms. The molecule has 0 nitrogen and oxygen atoms in total. The molecule has 0 heterocycles. The van der Waals surface area contributed by atoms with Gasteiger partial charge in [0.1, 0.15) is 0 Å². The monoisotopic (exact) mass is 194 g/mol. The largest absolute Gasteiger partial charge is 0.0882 e. The summed E-state index contributed by atoms with van der Waals surface area (Å²) < 4.78 is 0. The second-order valence-electron chi connectivity index (χ2n) is 5.02. The lowest BCUT2D eigenvalue weighted by molar-refractivity contribution is 0.348. The van der Waals surface area contributed by atoms with Crippen LogP contribution in [0.1, 0.15) is 59.8 Å². The highest BCUT2D eigenvalue weighted by atomic mass is 14.3. The third-order valence-corrected chi connectivity index (χ3v) is 4.11. The first-order valence-electron chi connectivity index (χ1n) is 6.34. The Kier molecular flexibility index (Phi) is 4.71. The first-order valence-corrected chi connectivity index (χ1v) is 6.34. The SMILES string of the molecule is CC=C(CC)C(C)CC1CCCC1C. The smallest absolute Gasteiger partial charge is 0.0229 e. The zero-order valence-corrected chi connectivity index (χ0v) is 10.3. The van der Waals surface area contributed by atoms with E-state index in [4.69, 9.17) is 0 Å². The summed E-state index contributed by atoms with van der Waals surface area (Å²) in [6, 6.07) is 0. The van der Waals surface area contributed by atoms with E-state index in [1.165, 1.54) is 32.1 Å². The molecule has 0 saturated heterocycles. The fraction of sp³-hybridized carbons (Fsp3) is 0.857. The van der Waals surface area contributed by atoms with Crippen molar-refractivity contribution in [3.05, 3.63) is 11.6 Å². The molecule has 82 valence electrons. The van der Waals surface area contributed by atoms with Gasteiger partial charge in [-0.25, -0.2) is 0 Å². The third-order valence-electron chi connectivity index (χ3n) is 4.11. The van der Waals surface area contributed by atoms with Gasteiger partial charge < -0.3 is 0 Å². The lowest BCUT2D eigenvalue weighted by Crippen LogP contribution is -2.10. The van der Waals surface area contributed by atoms with E-state index >= 15 is 0 Å². The highest BCUT2D eigenvalue weighted by Crippen LogP contribution is 2.37. The van der Waals surface area contributed by atoms with E-state index in [2.05, 4.69) is 33.8 Å². The first kappa shape index (κ1) is 11.8. The predicted octanol–water partition coefficient (Wildman–Crippen LogP) is 4.81. The molecule has 0 bridgehead atoms. The van der Waals surface area contributed by atoms with Crippen LogP contribution in [0.2, 0.25) is 0 Å². The highest BCUT2D eigenvalue weighted by molar-refractivity contribution is 5.04. The third kappa shape index (κ3) is 2.87. The average Bonchev–Trinajstić information content (AvgIpc) is 2.54. The summed E-state index contributed by atoms with van der Waals surface area (Å²) in [7, 11) is 0. The minimum Gasteiger partial charge on any atom is -0.0882 e. The van der Waals surface area contributed by atoms with Crippen LogP contribution in [0.4, 0.5) is 0 Å². The van der Waals surface area contributed by atoms with Crippen LogP contribution in [0.5, 0.6) is 0 Å². The molecule has 0 radical (unpaired) electrons. The fourth-order valence-corrected chi connectivity index (χ4v) is 3.01. The van der Waals surface area contributed by atoms with E-state index < -0.39 is 0 Å². The van der Waals surface area contributed by atoms with Crippen LogP contribution >= 0.6 is 0 Å². The van der Waals surface area contributed by atoms with Gasteiger partial charge in [0.25, 0.3) is 0 Å². The lowest BCUT2D eigenvalue weighted by Gasteiger charge is -2.21.